The van der Waals surface area contributed by atoms with Crippen LogP contribution in [0, 0.1) is 0 Å². The summed E-state index contributed by atoms with van der Waals surface area (Å²) in [5, 5.41) is 8.49. The van der Waals surface area contributed by atoms with Crippen LogP contribution >= 0.6 is 0 Å². The molecule has 1 aliphatic rings. The topological polar surface area (TPSA) is 58.3 Å². The van der Waals surface area contributed by atoms with Crippen molar-refractivity contribution in [1.82, 2.24) is 5.48 Å². The van der Waals surface area contributed by atoms with Gasteiger partial charge in [0.2, 0.25) is 0 Å². The fourth-order valence-electron chi connectivity index (χ4n) is 1.25. The van der Waals surface area contributed by atoms with E-state index in [1.165, 1.54) is 0 Å². The van der Waals surface area contributed by atoms with Gasteiger partial charge in [-0.25, -0.2) is 5.48 Å². The average molecular weight is 130 g/mol. The summed E-state index contributed by atoms with van der Waals surface area (Å²) in [7, 11) is 0. The van der Waals surface area contributed by atoms with E-state index in [0.29, 0.717) is 12.1 Å². The van der Waals surface area contributed by atoms with Gasteiger partial charge in [0, 0.05) is 12.1 Å². The summed E-state index contributed by atoms with van der Waals surface area (Å²) in [4.78, 5) is 0. The Kier molecular flexibility index (Phi) is 2.45. The summed E-state index contributed by atoms with van der Waals surface area (Å²) in [5.74, 6) is 0. The van der Waals surface area contributed by atoms with Gasteiger partial charge in [-0.2, -0.15) is 0 Å². The standard InChI is InChI=1S/C6H14N2O/c7-5-1-3-6(8-9)4-2-5/h5-6,8-9H,1-4,7H2. The summed E-state index contributed by atoms with van der Waals surface area (Å²) in [5.41, 5.74) is 7.91. The maximum Gasteiger partial charge on any atom is 0.0320 e. The molecule has 0 radical (unpaired) electrons. The molecule has 1 fully saturated rings. The van der Waals surface area contributed by atoms with E-state index in [1.807, 2.05) is 0 Å². The first kappa shape index (κ1) is 6.99. The van der Waals surface area contributed by atoms with Crippen molar-refractivity contribution in [2.24, 2.45) is 5.73 Å². The van der Waals surface area contributed by atoms with Gasteiger partial charge in [0.1, 0.15) is 0 Å². The van der Waals surface area contributed by atoms with Crippen molar-refractivity contribution < 1.29 is 5.21 Å². The molecule has 0 unspecified atom stereocenters. The third-order valence-corrected chi connectivity index (χ3v) is 1.95. The third kappa shape index (κ3) is 1.93. The maximum absolute atomic E-state index is 8.49. The van der Waals surface area contributed by atoms with E-state index in [9.17, 15) is 0 Å². The van der Waals surface area contributed by atoms with E-state index in [-0.39, 0.29) is 0 Å². The van der Waals surface area contributed by atoms with E-state index in [4.69, 9.17) is 10.9 Å². The van der Waals surface area contributed by atoms with Crippen LogP contribution in [0.1, 0.15) is 25.7 Å². The van der Waals surface area contributed by atoms with E-state index < -0.39 is 0 Å². The molecule has 4 N–H and O–H groups in total. The third-order valence-electron chi connectivity index (χ3n) is 1.95. The molecule has 9 heavy (non-hydrogen) atoms. The van der Waals surface area contributed by atoms with Gasteiger partial charge >= 0.3 is 0 Å². The Labute approximate surface area is 55.2 Å². The number of rotatable bonds is 1. The fourth-order valence-corrected chi connectivity index (χ4v) is 1.25. The van der Waals surface area contributed by atoms with Crippen LogP contribution in [0.4, 0.5) is 0 Å². The lowest BCUT2D eigenvalue weighted by Gasteiger charge is -2.24. The molecule has 0 aromatic heterocycles. The molecule has 54 valence electrons. The highest BCUT2D eigenvalue weighted by atomic mass is 16.5. The quantitative estimate of drug-likeness (QED) is 0.445. The first-order valence-electron chi connectivity index (χ1n) is 3.48. The van der Waals surface area contributed by atoms with Gasteiger partial charge in [-0.05, 0) is 25.7 Å². The maximum atomic E-state index is 8.49. The summed E-state index contributed by atoms with van der Waals surface area (Å²) in [6, 6.07) is 0.666. The molecule has 0 amide bonds. The SMILES string of the molecule is NC1CCC(NO)CC1. The zero-order valence-corrected chi connectivity index (χ0v) is 5.51. The first-order chi connectivity index (χ1) is 4.33. The van der Waals surface area contributed by atoms with Crippen molar-refractivity contribution in [2.45, 2.75) is 37.8 Å². The Morgan fingerprint density at radius 2 is 1.78 bits per heavy atom. The van der Waals surface area contributed by atoms with Gasteiger partial charge in [0.25, 0.3) is 0 Å². The number of hydroxylamine groups is 1. The van der Waals surface area contributed by atoms with Crippen molar-refractivity contribution in [3.63, 3.8) is 0 Å². The predicted octanol–water partition coefficient (Wildman–Crippen LogP) is 0.235. The monoisotopic (exact) mass is 130 g/mol. The Morgan fingerprint density at radius 3 is 2.22 bits per heavy atom. The molecule has 1 rings (SSSR count). The van der Waals surface area contributed by atoms with Crippen LogP contribution < -0.4 is 11.2 Å². The molecule has 3 heteroatoms. The van der Waals surface area contributed by atoms with Crippen molar-refractivity contribution in [2.75, 3.05) is 0 Å². The lowest BCUT2D eigenvalue weighted by atomic mass is 9.92. The minimum absolute atomic E-state index is 0.296. The van der Waals surface area contributed by atoms with Crippen LogP contribution in [0.15, 0.2) is 0 Å². The van der Waals surface area contributed by atoms with Gasteiger partial charge < -0.3 is 10.9 Å². The first-order valence-corrected chi connectivity index (χ1v) is 3.48. The molecular formula is C6H14N2O. The summed E-state index contributed by atoms with van der Waals surface area (Å²) in [6.45, 7) is 0. The Bertz CT molecular complexity index is 79.1. The molecule has 0 aliphatic heterocycles. The normalized spacial score (nSPS) is 36.7. The second-order valence-electron chi connectivity index (χ2n) is 2.74. The molecular weight excluding hydrogens is 116 g/mol. The van der Waals surface area contributed by atoms with Gasteiger partial charge in [-0.1, -0.05) is 0 Å². The fraction of sp³-hybridized carbons (Fsp3) is 1.00. The van der Waals surface area contributed by atoms with E-state index in [1.54, 1.807) is 0 Å². The molecule has 0 aromatic carbocycles. The molecule has 1 saturated carbocycles. The second kappa shape index (κ2) is 3.15. The zero-order chi connectivity index (χ0) is 6.69. The van der Waals surface area contributed by atoms with Gasteiger partial charge in [-0.15, -0.1) is 0 Å². The predicted molar refractivity (Wildman–Crippen MR) is 35.2 cm³/mol. The zero-order valence-electron chi connectivity index (χ0n) is 5.51. The van der Waals surface area contributed by atoms with Crippen LogP contribution in [0.3, 0.4) is 0 Å². The van der Waals surface area contributed by atoms with Crippen molar-refractivity contribution in [1.29, 1.82) is 0 Å². The molecule has 1 aliphatic carbocycles. The van der Waals surface area contributed by atoms with Crippen LogP contribution in [0.2, 0.25) is 0 Å². The summed E-state index contributed by atoms with van der Waals surface area (Å²) >= 11 is 0. The largest absolute Gasteiger partial charge is 0.328 e. The Balaban J connectivity index is 2.18. The second-order valence-corrected chi connectivity index (χ2v) is 2.74. The lowest BCUT2D eigenvalue weighted by molar-refractivity contribution is 0.104. The van der Waals surface area contributed by atoms with Crippen molar-refractivity contribution in [3.8, 4) is 0 Å². The molecule has 3 nitrogen and oxygen atoms in total. The van der Waals surface area contributed by atoms with E-state index >= 15 is 0 Å². The van der Waals surface area contributed by atoms with Crippen LogP contribution in [-0.4, -0.2) is 17.3 Å². The number of hydrogen-bond acceptors (Lipinski definition) is 3. The molecule has 0 spiro atoms. The minimum Gasteiger partial charge on any atom is -0.328 e. The van der Waals surface area contributed by atoms with Crippen LogP contribution in [0.5, 0.6) is 0 Å². The average Bonchev–Trinajstić information content (AvgIpc) is 1.90. The highest BCUT2D eigenvalue weighted by Gasteiger charge is 2.16. The lowest BCUT2D eigenvalue weighted by Crippen LogP contribution is -2.35. The van der Waals surface area contributed by atoms with Crippen LogP contribution in [0.25, 0.3) is 0 Å². The molecule has 0 heterocycles. The highest BCUT2D eigenvalue weighted by Crippen LogP contribution is 2.15. The minimum atomic E-state index is 0.296. The number of nitrogens with two attached hydrogens (primary N) is 1. The number of hydrogen-bond donors (Lipinski definition) is 3. The molecule has 0 saturated heterocycles. The van der Waals surface area contributed by atoms with Gasteiger partial charge in [-0.3, -0.25) is 0 Å². The van der Waals surface area contributed by atoms with Gasteiger partial charge in [0.15, 0.2) is 0 Å². The van der Waals surface area contributed by atoms with Crippen LogP contribution in [-0.2, 0) is 0 Å². The van der Waals surface area contributed by atoms with Gasteiger partial charge in [0.05, 0.1) is 0 Å². The summed E-state index contributed by atoms with van der Waals surface area (Å²) < 4.78 is 0. The van der Waals surface area contributed by atoms with Crippen molar-refractivity contribution in [3.05, 3.63) is 0 Å². The smallest absolute Gasteiger partial charge is 0.0320 e. The number of nitrogens with one attached hydrogen (secondary N) is 1. The van der Waals surface area contributed by atoms with E-state index in [0.717, 1.165) is 25.7 Å². The molecule has 0 aromatic rings. The van der Waals surface area contributed by atoms with Crippen molar-refractivity contribution >= 4 is 0 Å². The summed E-state index contributed by atoms with van der Waals surface area (Å²) in [6.07, 6.45) is 4.10. The Hall–Kier alpha value is -0.120. The van der Waals surface area contributed by atoms with E-state index in [2.05, 4.69) is 5.48 Å². The highest BCUT2D eigenvalue weighted by molar-refractivity contribution is 4.76. The molecule has 0 bridgehead atoms. The Morgan fingerprint density at radius 1 is 1.22 bits per heavy atom. The molecule has 0 atom stereocenters.